The van der Waals surface area contributed by atoms with Gasteiger partial charge in [0.1, 0.15) is 0 Å². The summed E-state index contributed by atoms with van der Waals surface area (Å²) in [4.78, 5) is 21.4. The first-order valence-electron chi connectivity index (χ1n) is 5.10. The molecule has 0 aromatic rings. The number of terminal acetylenes is 1. The molecule has 0 aromatic carbocycles. The molecular formula is C10H16NO4PS. The molecule has 0 bridgehead atoms. The largest absolute Gasteiger partial charge is 0.481 e. The molecule has 5 nitrogen and oxygen atoms in total. The topological polar surface area (TPSA) is 75.6 Å². The van der Waals surface area contributed by atoms with Crippen molar-refractivity contribution in [1.29, 1.82) is 0 Å². The minimum atomic E-state index is -0.971. The van der Waals surface area contributed by atoms with Gasteiger partial charge in [-0.25, -0.2) is 0 Å². The van der Waals surface area contributed by atoms with Gasteiger partial charge in [0.25, 0.3) is 0 Å². The average molecular weight is 277 g/mol. The maximum absolute atomic E-state index is 11.1. The highest BCUT2D eigenvalue weighted by Gasteiger charge is 2.07. The van der Waals surface area contributed by atoms with E-state index in [0.717, 1.165) is 0 Å². The Balaban J connectivity index is 3.53. The summed E-state index contributed by atoms with van der Waals surface area (Å²) in [5.74, 6) is -0.564. The summed E-state index contributed by atoms with van der Waals surface area (Å²) >= 11 is 1.49. The van der Waals surface area contributed by atoms with E-state index in [1.54, 1.807) is 0 Å². The lowest BCUT2D eigenvalue weighted by Gasteiger charge is -2.09. The summed E-state index contributed by atoms with van der Waals surface area (Å²) in [7, 11) is -0.909. The molecule has 2 N–H and O–H groups in total. The van der Waals surface area contributed by atoms with E-state index >= 15 is 0 Å². The molecule has 1 unspecified atom stereocenters. The van der Waals surface area contributed by atoms with Gasteiger partial charge in [-0.05, 0) is 12.6 Å². The number of rotatable bonds is 9. The first kappa shape index (κ1) is 16.2. The molecule has 0 saturated heterocycles. The SMILES string of the molecule is C#CP(OCC)SCCNC(=O)CCC(=O)O. The summed E-state index contributed by atoms with van der Waals surface area (Å²) in [5, 5.41) is 11.0. The van der Waals surface area contributed by atoms with Crippen molar-refractivity contribution in [2.45, 2.75) is 19.8 Å². The number of carboxylic acids is 1. The van der Waals surface area contributed by atoms with Crippen LogP contribution in [0.3, 0.4) is 0 Å². The molecule has 7 heteroatoms. The predicted molar refractivity (Wildman–Crippen MR) is 69.7 cm³/mol. The quantitative estimate of drug-likeness (QED) is 0.381. The van der Waals surface area contributed by atoms with Crippen LogP contribution in [0.25, 0.3) is 0 Å². The first-order valence-corrected chi connectivity index (χ1v) is 7.95. The number of hydrogen-bond donors (Lipinski definition) is 2. The molecule has 0 saturated carbocycles. The van der Waals surface area contributed by atoms with E-state index < -0.39 is 13.3 Å². The number of carboxylic acid groups (broad SMARTS) is 1. The number of amides is 1. The second-order valence-corrected chi connectivity index (χ2v) is 6.35. The number of carbonyl (C=O) groups excluding carboxylic acids is 1. The van der Waals surface area contributed by atoms with E-state index in [1.165, 1.54) is 11.4 Å². The molecule has 0 aliphatic heterocycles. The van der Waals surface area contributed by atoms with Gasteiger partial charge in [-0.3, -0.25) is 9.59 Å². The van der Waals surface area contributed by atoms with Gasteiger partial charge >= 0.3 is 5.97 Å². The van der Waals surface area contributed by atoms with Gasteiger partial charge in [-0.1, -0.05) is 11.4 Å². The number of aliphatic carboxylic acids is 1. The van der Waals surface area contributed by atoms with Crippen LogP contribution in [-0.2, 0) is 14.1 Å². The smallest absolute Gasteiger partial charge is 0.303 e. The van der Waals surface area contributed by atoms with Crippen LogP contribution in [0.15, 0.2) is 0 Å². The maximum atomic E-state index is 11.1. The fourth-order valence-electron chi connectivity index (χ4n) is 0.857. The van der Waals surface area contributed by atoms with Crippen molar-refractivity contribution in [2.75, 3.05) is 18.9 Å². The molecule has 0 heterocycles. The summed E-state index contributed by atoms with van der Waals surface area (Å²) in [6.07, 6.45) is 5.13. The van der Waals surface area contributed by atoms with E-state index in [4.69, 9.17) is 16.1 Å². The van der Waals surface area contributed by atoms with Gasteiger partial charge in [-0.15, -0.1) is 6.42 Å². The lowest BCUT2D eigenvalue weighted by Crippen LogP contribution is -2.25. The monoisotopic (exact) mass is 277 g/mol. The van der Waals surface area contributed by atoms with Gasteiger partial charge in [0, 0.05) is 18.7 Å². The number of nitrogens with one attached hydrogen (secondary N) is 1. The van der Waals surface area contributed by atoms with Gasteiger partial charge in [0.2, 0.25) is 5.91 Å². The minimum Gasteiger partial charge on any atom is -0.481 e. The lowest BCUT2D eigenvalue weighted by atomic mass is 10.3. The molecule has 17 heavy (non-hydrogen) atoms. The van der Waals surface area contributed by atoms with Gasteiger partial charge < -0.3 is 14.9 Å². The Morgan fingerprint density at radius 1 is 1.53 bits per heavy atom. The molecule has 0 spiro atoms. The Morgan fingerprint density at radius 2 is 2.24 bits per heavy atom. The molecule has 0 aliphatic carbocycles. The number of carbonyl (C=O) groups is 2. The summed E-state index contributed by atoms with van der Waals surface area (Å²) in [6.45, 7) is 2.92. The molecule has 0 fully saturated rings. The average Bonchev–Trinajstić information content (AvgIpc) is 2.30. The van der Waals surface area contributed by atoms with Crippen molar-refractivity contribution in [2.24, 2.45) is 0 Å². The third kappa shape index (κ3) is 10.1. The van der Waals surface area contributed by atoms with Crippen molar-refractivity contribution in [3.8, 4) is 12.1 Å². The fraction of sp³-hybridized carbons (Fsp3) is 0.600. The van der Waals surface area contributed by atoms with Crippen molar-refractivity contribution in [1.82, 2.24) is 5.32 Å². The first-order chi connectivity index (χ1) is 8.10. The molecular weight excluding hydrogens is 261 g/mol. The third-order valence-corrected chi connectivity index (χ3v) is 4.76. The van der Waals surface area contributed by atoms with Crippen molar-refractivity contribution >= 4 is 30.6 Å². The van der Waals surface area contributed by atoms with Crippen LogP contribution < -0.4 is 5.32 Å². The molecule has 96 valence electrons. The Bertz CT molecular complexity index is 293. The second kappa shape index (κ2) is 10.4. The van der Waals surface area contributed by atoms with Gasteiger partial charge in [0.15, 0.2) is 7.35 Å². The van der Waals surface area contributed by atoms with E-state index in [2.05, 4.69) is 11.0 Å². The van der Waals surface area contributed by atoms with E-state index in [1.807, 2.05) is 6.92 Å². The molecule has 1 amide bonds. The van der Waals surface area contributed by atoms with Crippen LogP contribution in [0.1, 0.15) is 19.8 Å². The van der Waals surface area contributed by atoms with Crippen LogP contribution in [-0.4, -0.2) is 35.9 Å². The van der Waals surface area contributed by atoms with Crippen LogP contribution in [0.5, 0.6) is 0 Å². The summed E-state index contributed by atoms with van der Waals surface area (Å²) < 4.78 is 5.28. The second-order valence-electron chi connectivity index (χ2n) is 2.88. The van der Waals surface area contributed by atoms with Crippen LogP contribution >= 0.6 is 18.7 Å². The molecule has 1 atom stereocenters. The van der Waals surface area contributed by atoms with Crippen molar-refractivity contribution in [3.05, 3.63) is 0 Å². The highest BCUT2D eigenvalue weighted by Crippen LogP contribution is 2.48. The summed E-state index contributed by atoms with van der Waals surface area (Å²) in [6, 6.07) is 0. The van der Waals surface area contributed by atoms with Crippen molar-refractivity contribution in [3.63, 3.8) is 0 Å². The van der Waals surface area contributed by atoms with Crippen LogP contribution in [0, 0.1) is 12.1 Å². The maximum Gasteiger partial charge on any atom is 0.303 e. The zero-order valence-electron chi connectivity index (χ0n) is 9.64. The third-order valence-electron chi connectivity index (χ3n) is 1.55. The zero-order chi connectivity index (χ0) is 13.1. The minimum absolute atomic E-state index is 0.00929. The number of hydrogen-bond acceptors (Lipinski definition) is 4. The van der Waals surface area contributed by atoms with Crippen LogP contribution in [0.2, 0.25) is 0 Å². The molecule has 0 aliphatic rings. The van der Waals surface area contributed by atoms with E-state index in [-0.39, 0.29) is 18.7 Å². The van der Waals surface area contributed by atoms with E-state index in [0.29, 0.717) is 18.9 Å². The Kier molecular flexibility index (Phi) is 9.93. The lowest BCUT2D eigenvalue weighted by molar-refractivity contribution is -0.138. The highest BCUT2D eigenvalue weighted by atomic mass is 32.7. The van der Waals surface area contributed by atoms with E-state index in [9.17, 15) is 9.59 Å². The Hall–Kier alpha value is -0.760. The highest BCUT2D eigenvalue weighted by molar-refractivity contribution is 8.55. The molecule has 0 rings (SSSR count). The van der Waals surface area contributed by atoms with Gasteiger partial charge in [0.05, 0.1) is 13.0 Å². The normalized spacial score (nSPS) is 11.5. The molecule has 0 radical (unpaired) electrons. The zero-order valence-corrected chi connectivity index (χ0v) is 11.4. The van der Waals surface area contributed by atoms with Crippen LogP contribution in [0.4, 0.5) is 0 Å². The predicted octanol–water partition coefficient (Wildman–Crippen LogP) is 1.64. The van der Waals surface area contributed by atoms with Crippen molar-refractivity contribution < 1.29 is 19.2 Å². The Morgan fingerprint density at radius 3 is 2.76 bits per heavy atom. The van der Waals surface area contributed by atoms with Gasteiger partial charge in [-0.2, -0.15) is 0 Å². The standard InChI is InChI=1S/C10H16NO4PS/c1-3-15-16(4-2)17-8-7-11-9(12)5-6-10(13)14/h2H,3,5-8H2,1H3,(H,11,12)(H,13,14). The molecule has 0 aromatic heterocycles. The Labute approximate surface area is 106 Å². The summed E-state index contributed by atoms with van der Waals surface area (Å²) in [5.41, 5.74) is 2.55. The fourth-order valence-corrected chi connectivity index (χ4v) is 3.21.